The normalized spacial score (nSPS) is 13.9. The van der Waals surface area contributed by atoms with E-state index >= 15 is 0 Å². The fraction of sp³-hybridized carbons (Fsp3) is 0.391. The van der Waals surface area contributed by atoms with Crippen LogP contribution in [0.25, 0.3) is 0 Å². The molecular weight excluding hydrogens is 354 g/mol. The number of nitrogens with one attached hydrogen (secondary N) is 1. The Morgan fingerprint density at radius 1 is 1.07 bits per heavy atom. The van der Waals surface area contributed by atoms with E-state index in [4.69, 9.17) is 9.47 Å². The quantitative estimate of drug-likeness (QED) is 0.671. The minimum absolute atomic E-state index is 0.0991. The van der Waals surface area contributed by atoms with Crippen molar-refractivity contribution in [2.24, 2.45) is 5.92 Å². The summed E-state index contributed by atoms with van der Waals surface area (Å²) in [7, 11) is 1.54. The standard InChI is InChI=1S/C23H29NO4/c1-6-16(3)21(18-10-8-7-9-11-18)23(26)28-17(4)22(25)24-19-14-15(2)12-13-20(19)27-5/h7-14,16-17,21H,6H2,1-5H3,(H,24,25)/t16-,17+,21-/m1/s1. The van der Waals surface area contributed by atoms with Gasteiger partial charge in [-0.15, -0.1) is 0 Å². The van der Waals surface area contributed by atoms with Gasteiger partial charge in [0.15, 0.2) is 6.10 Å². The van der Waals surface area contributed by atoms with Crippen LogP contribution in [0.5, 0.6) is 5.75 Å². The van der Waals surface area contributed by atoms with Gasteiger partial charge in [-0.1, -0.05) is 56.7 Å². The Bertz CT molecular complexity index is 804. The van der Waals surface area contributed by atoms with Crippen LogP contribution in [-0.4, -0.2) is 25.1 Å². The molecule has 0 radical (unpaired) electrons. The van der Waals surface area contributed by atoms with Crippen molar-refractivity contribution in [1.82, 2.24) is 0 Å². The van der Waals surface area contributed by atoms with Crippen LogP contribution in [0.15, 0.2) is 48.5 Å². The maximum Gasteiger partial charge on any atom is 0.314 e. The van der Waals surface area contributed by atoms with Gasteiger partial charge < -0.3 is 14.8 Å². The van der Waals surface area contributed by atoms with Crippen molar-refractivity contribution < 1.29 is 19.1 Å². The number of ether oxygens (including phenoxy) is 2. The topological polar surface area (TPSA) is 64.6 Å². The first-order chi connectivity index (χ1) is 13.4. The second-order valence-corrected chi connectivity index (χ2v) is 7.05. The van der Waals surface area contributed by atoms with Gasteiger partial charge in [0.25, 0.3) is 5.91 Å². The third kappa shape index (κ3) is 5.35. The van der Waals surface area contributed by atoms with Gasteiger partial charge in [0.1, 0.15) is 5.75 Å². The lowest BCUT2D eigenvalue weighted by atomic mass is 9.85. The highest BCUT2D eigenvalue weighted by Crippen LogP contribution is 2.29. The molecule has 2 rings (SSSR count). The molecule has 5 heteroatoms. The summed E-state index contributed by atoms with van der Waals surface area (Å²) in [4.78, 5) is 25.4. The SMILES string of the molecule is CC[C@@H](C)[C@@H](C(=O)O[C@@H](C)C(=O)Nc1cc(C)ccc1OC)c1ccccc1. The molecule has 0 spiro atoms. The first kappa shape index (κ1) is 21.5. The second kappa shape index (κ2) is 9.93. The van der Waals surface area contributed by atoms with Crippen molar-refractivity contribution in [2.75, 3.05) is 12.4 Å². The van der Waals surface area contributed by atoms with Crippen LogP contribution in [0, 0.1) is 12.8 Å². The molecule has 3 atom stereocenters. The number of esters is 1. The van der Waals surface area contributed by atoms with Crippen molar-refractivity contribution >= 4 is 17.6 Å². The highest BCUT2D eigenvalue weighted by Gasteiger charge is 2.30. The molecular formula is C23H29NO4. The number of hydrogen-bond acceptors (Lipinski definition) is 4. The molecule has 0 bridgehead atoms. The van der Waals surface area contributed by atoms with Crippen molar-refractivity contribution in [1.29, 1.82) is 0 Å². The largest absolute Gasteiger partial charge is 0.495 e. The van der Waals surface area contributed by atoms with Gasteiger partial charge in [0.05, 0.1) is 18.7 Å². The number of rotatable bonds is 8. The predicted octanol–water partition coefficient (Wildman–Crippen LogP) is 4.70. The summed E-state index contributed by atoms with van der Waals surface area (Å²) in [5, 5.41) is 2.79. The first-order valence-electron chi connectivity index (χ1n) is 9.58. The van der Waals surface area contributed by atoms with Crippen molar-refractivity contribution in [3.05, 3.63) is 59.7 Å². The summed E-state index contributed by atoms with van der Waals surface area (Å²) in [6, 6.07) is 15.0. The highest BCUT2D eigenvalue weighted by atomic mass is 16.5. The number of amides is 1. The Kier molecular flexibility index (Phi) is 7.61. The fourth-order valence-corrected chi connectivity index (χ4v) is 3.05. The molecule has 0 saturated heterocycles. The van der Waals surface area contributed by atoms with Gasteiger partial charge in [-0.2, -0.15) is 0 Å². The predicted molar refractivity (Wildman–Crippen MR) is 111 cm³/mol. The molecule has 0 unspecified atom stereocenters. The van der Waals surface area contributed by atoms with Gasteiger partial charge in [0.2, 0.25) is 0 Å². The van der Waals surface area contributed by atoms with Crippen LogP contribution in [0.2, 0.25) is 0 Å². The summed E-state index contributed by atoms with van der Waals surface area (Å²) in [6.45, 7) is 7.55. The zero-order chi connectivity index (χ0) is 20.7. The third-order valence-corrected chi connectivity index (χ3v) is 4.90. The van der Waals surface area contributed by atoms with Gasteiger partial charge in [-0.25, -0.2) is 0 Å². The van der Waals surface area contributed by atoms with Crippen LogP contribution in [-0.2, 0) is 14.3 Å². The van der Waals surface area contributed by atoms with Gasteiger partial charge in [-0.05, 0) is 43.0 Å². The number of carbonyl (C=O) groups is 2. The number of anilines is 1. The maximum atomic E-state index is 12.9. The van der Waals surface area contributed by atoms with Crippen molar-refractivity contribution in [2.45, 2.75) is 46.1 Å². The number of methoxy groups -OCH3 is 1. The van der Waals surface area contributed by atoms with E-state index in [2.05, 4.69) is 5.32 Å². The molecule has 0 aliphatic heterocycles. The zero-order valence-electron chi connectivity index (χ0n) is 17.2. The highest BCUT2D eigenvalue weighted by molar-refractivity contribution is 5.96. The van der Waals surface area contributed by atoms with Crippen LogP contribution in [0.3, 0.4) is 0 Å². The van der Waals surface area contributed by atoms with E-state index < -0.39 is 17.9 Å². The molecule has 0 fully saturated rings. The van der Waals surface area contributed by atoms with Crippen molar-refractivity contribution in [3.63, 3.8) is 0 Å². The summed E-state index contributed by atoms with van der Waals surface area (Å²) in [5.74, 6) is -0.538. The van der Waals surface area contributed by atoms with E-state index in [1.165, 1.54) is 0 Å². The number of aryl methyl sites for hydroxylation is 1. The molecule has 0 aliphatic rings. The van der Waals surface area contributed by atoms with Crippen molar-refractivity contribution in [3.8, 4) is 5.75 Å². The molecule has 28 heavy (non-hydrogen) atoms. The Hall–Kier alpha value is -2.82. The molecule has 5 nitrogen and oxygen atoms in total. The fourth-order valence-electron chi connectivity index (χ4n) is 3.05. The Morgan fingerprint density at radius 3 is 2.36 bits per heavy atom. The monoisotopic (exact) mass is 383 g/mol. The average Bonchev–Trinajstić information content (AvgIpc) is 2.68. The van der Waals surface area contributed by atoms with E-state index in [1.54, 1.807) is 20.1 Å². The molecule has 0 saturated carbocycles. The molecule has 1 amide bonds. The maximum absolute atomic E-state index is 12.9. The minimum Gasteiger partial charge on any atom is -0.495 e. The summed E-state index contributed by atoms with van der Waals surface area (Å²) < 4.78 is 10.8. The lowest BCUT2D eigenvalue weighted by Crippen LogP contribution is -2.33. The number of carbonyl (C=O) groups excluding carboxylic acids is 2. The van der Waals surface area contributed by atoms with E-state index in [0.29, 0.717) is 11.4 Å². The molecule has 0 aromatic heterocycles. The Labute approximate surface area is 167 Å². The summed E-state index contributed by atoms with van der Waals surface area (Å²) in [5.41, 5.74) is 2.44. The summed E-state index contributed by atoms with van der Waals surface area (Å²) >= 11 is 0. The molecule has 1 N–H and O–H groups in total. The van der Waals surface area contributed by atoms with E-state index in [9.17, 15) is 9.59 Å². The molecule has 0 heterocycles. The lowest BCUT2D eigenvalue weighted by Gasteiger charge is -2.24. The van der Waals surface area contributed by atoms with Crippen LogP contribution in [0.1, 0.15) is 44.2 Å². The van der Waals surface area contributed by atoms with E-state index in [0.717, 1.165) is 17.5 Å². The van der Waals surface area contributed by atoms with E-state index in [1.807, 2.05) is 63.2 Å². The molecule has 2 aromatic carbocycles. The Morgan fingerprint density at radius 2 is 1.75 bits per heavy atom. The second-order valence-electron chi connectivity index (χ2n) is 7.05. The van der Waals surface area contributed by atoms with E-state index in [-0.39, 0.29) is 11.9 Å². The number of benzene rings is 2. The number of hydrogen-bond donors (Lipinski definition) is 1. The van der Waals surface area contributed by atoms with Crippen LogP contribution < -0.4 is 10.1 Å². The van der Waals surface area contributed by atoms with Crippen LogP contribution in [0.4, 0.5) is 5.69 Å². The van der Waals surface area contributed by atoms with Crippen LogP contribution >= 0.6 is 0 Å². The summed E-state index contributed by atoms with van der Waals surface area (Å²) in [6.07, 6.45) is -0.0941. The molecule has 0 aliphatic carbocycles. The Balaban J connectivity index is 2.11. The smallest absolute Gasteiger partial charge is 0.314 e. The minimum atomic E-state index is -0.923. The van der Waals surface area contributed by atoms with Gasteiger partial charge in [0, 0.05) is 0 Å². The van der Waals surface area contributed by atoms with Gasteiger partial charge in [-0.3, -0.25) is 9.59 Å². The first-order valence-corrected chi connectivity index (χ1v) is 9.58. The molecule has 150 valence electrons. The lowest BCUT2D eigenvalue weighted by molar-refractivity contribution is -0.155. The zero-order valence-corrected chi connectivity index (χ0v) is 17.2. The third-order valence-electron chi connectivity index (χ3n) is 4.90. The van der Waals surface area contributed by atoms with Gasteiger partial charge >= 0.3 is 5.97 Å². The molecule has 2 aromatic rings. The average molecular weight is 383 g/mol.